The van der Waals surface area contributed by atoms with Gasteiger partial charge in [-0.05, 0) is 137 Å². The van der Waals surface area contributed by atoms with Crippen molar-refractivity contribution in [2.45, 2.75) is 19.6 Å². The molecule has 0 heterocycles. The molecule has 10 rings (SSSR count). The second-order valence-corrected chi connectivity index (χ2v) is 17.9. The van der Waals surface area contributed by atoms with Gasteiger partial charge in [-0.2, -0.15) is 0 Å². The second kappa shape index (κ2) is 18.1. The van der Waals surface area contributed by atoms with Gasteiger partial charge in [-0.25, -0.2) is 0 Å². The fourth-order valence-electron chi connectivity index (χ4n) is 8.82. The van der Waals surface area contributed by atoms with Gasteiger partial charge in [0.25, 0.3) is 0 Å². The first-order valence-electron chi connectivity index (χ1n) is 20.1. The van der Waals surface area contributed by atoms with Crippen molar-refractivity contribution in [3.05, 3.63) is 194 Å². The van der Waals surface area contributed by atoms with Crippen LogP contribution in [0.1, 0.15) is 0 Å². The number of rotatable bonds is 8. The van der Waals surface area contributed by atoms with Crippen molar-refractivity contribution in [1.82, 2.24) is 0 Å². The third kappa shape index (κ3) is 7.30. The summed E-state index contributed by atoms with van der Waals surface area (Å²) < 4.78 is 0. The van der Waals surface area contributed by atoms with Crippen LogP contribution in [-0.4, -0.2) is 25.0 Å². The van der Waals surface area contributed by atoms with Gasteiger partial charge < -0.3 is 0 Å². The van der Waals surface area contributed by atoms with Gasteiger partial charge in [-0.15, -0.1) is 47.0 Å². The third-order valence-electron chi connectivity index (χ3n) is 11.4. The summed E-state index contributed by atoms with van der Waals surface area (Å²) in [6, 6.07) is 70.5. The molecule has 0 nitrogen and oxygen atoms in total. The molecular weight excluding hydrogens is 801 g/mol. The van der Waals surface area contributed by atoms with Crippen LogP contribution in [0, 0.1) is 0 Å². The molecule has 0 N–H and O–H groups in total. The number of hydrogen-bond donors (Lipinski definition) is 0. The maximum atomic E-state index is 2.28. The van der Waals surface area contributed by atoms with Crippen LogP contribution >= 0.6 is 47.0 Å². The van der Waals surface area contributed by atoms with Crippen LogP contribution in [0.5, 0.6) is 0 Å². The van der Waals surface area contributed by atoms with Gasteiger partial charge >= 0.3 is 0 Å². The molecule has 0 aliphatic rings. The topological polar surface area (TPSA) is 0 Å². The first-order valence-corrected chi connectivity index (χ1v) is 25.0. The summed E-state index contributed by atoms with van der Waals surface area (Å²) in [6.45, 7) is 0. The summed E-state index contributed by atoms with van der Waals surface area (Å²) >= 11 is 7.24. The molecule has 0 bridgehead atoms. The molecule has 60 heavy (non-hydrogen) atoms. The largest absolute Gasteiger partial charge is 0.129 e. The van der Waals surface area contributed by atoms with E-state index in [1.165, 1.54) is 107 Å². The highest BCUT2D eigenvalue weighted by molar-refractivity contribution is 7.99. The molecule has 0 saturated carbocycles. The van der Waals surface area contributed by atoms with Crippen molar-refractivity contribution in [1.29, 1.82) is 0 Å². The lowest BCUT2D eigenvalue weighted by molar-refractivity contribution is 1.46. The summed E-state index contributed by atoms with van der Waals surface area (Å²) in [4.78, 5) is 5.24. The van der Waals surface area contributed by atoms with Gasteiger partial charge in [-0.3, -0.25) is 0 Å². The molecule has 0 fully saturated rings. The SMILES string of the molecule is CSc1ccccc1-c1c2ccccc2c(-c2ccccc2SC)c2ccccc12.CSc1ccccc1-c1c2ccccc2c(-c2ccccc2SC)c2ccccc12. The molecule has 0 saturated heterocycles. The highest BCUT2D eigenvalue weighted by Crippen LogP contribution is 2.49. The Morgan fingerprint density at radius 2 is 0.350 bits per heavy atom. The van der Waals surface area contributed by atoms with Gasteiger partial charge in [-0.1, -0.05) is 170 Å². The predicted molar refractivity (Wildman–Crippen MR) is 272 cm³/mol. The van der Waals surface area contributed by atoms with Gasteiger partial charge in [0.05, 0.1) is 0 Å². The summed E-state index contributed by atoms with van der Waals surface area (Å²) in [7, 11) is 0. The smallest absolute Gasteiger partial charge is 0.0148 e. The van der Waals surface area contributed by atoms with Crippen molar-refractivity contribution in [2.24, 2.45) is 0 Å². The van der Waals surface area contributed by atoms with E-state index in [-0.39, 0.29) is 0 Å². The second-order valence-electron chi connectivity index (χ2n) is 14.5. The number of benzene rings is 10. The summed E-state index contributed by atoms with van der Waals surface area (Å²) in [5.41, 5.74) is 10.6. The van der Waals surface area contributed by atoms with E-state index in [1.54, 1.807) is 0 Å². The number of hydrogen-bond acceptors (Lipinski definition) is 4. The fourth-order valence-corrected chi connectivity index (χ4v) is 11.2. The Balaban J connectivity index is 0.000000154. The summed E-state index contributed by atoms with van der Waals surface area (Å²) in [5, 5.41) is 10.5. The molecule has 0 amide bonds. The molecule has 0 atom stereocenters. The van der Waals surface area contributed by atoms with E-state index in [2.05, 4.69) is 219 Å². The van der Waals surface area contributed by atoms with Crippen molar-refractivity contribution in [3.63, 3.8) is 0 Å². The molecule has 4 heteroatoms. The van der Waals surface area contributed by atoms with Crippen molar-refractivity contribution in [3.8, 4) is 44.5 Å². The quantitative estimate of drug-likeness (QED) is 0.110. The Kier molecular flexibility index (Phi) is 12.1. The number of thioether (sulfide) groups is 4. The maximum Gasteiger partial charge on any atom is 0.0148 e. The molecule has 0 radical (unpaired) electrons. The third-order valence-corrected chi connectivity index (χ3v) is 14.6. The van der Waals surface area contributed by atoms with Gasteiger partial charge in [0.15, 0.2) is 0 Å². The Morgan fingerprint density at radius 1 is 0.200 bits per heavy atom. The van der Waals surface area contributed by atoms with Crippen LogP contribution in [0.4, 0.5) is 0 Å². The molecule has 0 aliphatic heterocycles. The van der Waals surface area contributed by atoms with Crippen LogP contribution in [0.2, 0.25) is 0 Å². The average molecular weight is 845 g/mol. The number of fused-ring (bicyclic) bond motifs is 4. The van der Waals surface area contributed by atoms with Crippen LogP contribution in [0.15, 0.2) is 214 Å². The van der Waals surface area contributed by atoms with E-state index in [0.717, 1.165) is 0 Å². The minimum absolute atomic E-state index is 1.31. The van der Waals surface area contributed by atoms with Crippen LogP contribution < -0.4 is 0 Å². The van der Waals surface area contributed by atoms with E-state index in [1.807, 2.05) is 47.0 Å². The first kappa shape index (κ1) is 40.1. The minimum atomic E-state index is 1.31. The minimum Gasteiger partial charge on any atom is -0.129 e. The maximum absolute atomic E-state index is 2.28. The monoisotopic (exact) mass is 844 g/mol. The Morgan fingerprint density at radius 3 is 0.517 bits per heavy atom. The lowest BCUT2D eigenvalue weighted by atomic mass is 9.86. The molecule has 0 unspecified atom stereocenters. The zero-order valence-electron chi connectivity index (χ0n) is 34.1. The van der Waals surface area contributed by atoms with E-state index in [0.29, 0.717) is 0 Å². The van der Waals surface area contributed by atoms with E-state index >= 15 is 0 Å². The molecule has 10 aromatic carbocycles. The Bertz CT molecular complexity index is 2630. The zero-order valence-corrected chi connectivity index (χ0v) is 37.4. The van der Waals surface area contributed by atoms with Gasteiger partial charge in [0.2, 0.25) is 0 Å². The molecule has 0 spiro atoms. The van der Waals surface area contributed by atoms with E-state index in [4.69, 9.17) is 0 Å². The van der Waals surface area contributed by atoms with Gasteiger partial charge in [0, 0.05) is 19.6 Å². The standard InChI is InChI=1S/2C28H22S2/c2*1-29-25-17-9-7-15-23(25)27-19-11-3-5-13-21(19)28(22-14-6-4-12-20(22)27)24-16-8-10-18-26(24)30-2/h2*3-18H,1-2H3. The molecular formula is C56H44S4. The fraction of sp³-hybridized carbons (Fsp3) is 0.0714. The van der Waals surface area contributed by atoms with Crippen molar-refractivity contribution < 1.29 is 0 Å². The highest BCUT2D eigenvalue weighted by Gasteiger charge is 2.21. The summed E-state index contributed by atoms with van der Waals surface area (Å²) in [5.74, 6) is 0. The van der Waals surface area contributed by atoms with E-state index < -0.39 is 0 Å². The van der Waals surface area contributed by atoms with Gasteiger partial charge in [0.1, 0.15) is 0 Å². The normalized spacial score (nSPS) is 11.3. The lowest BCUT2D eigenvalue weighted by Gasteiger charge is -2.20. The average Bonchev–Trinajstić information content (AvgIpc) is 3.32. The first-order chi connectivity index (χ1) is 29.7. The molecule has 0 aliphatic carbocycles. The lowest BCUT2D eigenvalue weighted by Crippen LogP contribution is -1.92. The highest BCUT2D eigenvalue weighted by atomic mass is 32.2. The summed E-state index contributed by atoms with van der Waals surface area (Å²) in [6.07, 6.45) is 8.64. The Labute approximate surface area is 370 Å². The van der Waals surface area contributed by atoms with Crippen LogP contribution in [0.3, 0.4) is 0 Å². The van der Waals surface area contributed by atoms with E-state index in [9.17, 15) is 0 Å². The van der Waals surface area contributed by atoms with Crippen LogP contribution in [0.25, 0.3) is 87.6 Å². The zero-order chi connectivity index (χ0) is 41.0. The predicted octanol–water partition coefficient (Wildman–Crippen LogP) is 17.5. The van der Waals surface area contributed by atoms with Crippen molar-refractivity contribution >= 4 is 90.1 Å². The molecule has 0 aromatic heterocycles. The molecule has 292 valence electrons. The molecule has 10 aromatic rings. The van der Waals surface area contributed by atoms with Crippen LogP contribution in [-0.2, 0) is 0 Å². The van der Waals surface area contributed by atoms with Crippen molar-refractivity contribution in [2.75, 3.05) is 25.0 Å². The Hall–Kier alpha value is -5.36.